The van der Waals surface area contributed by atoms with E-state index < -0.39 is 5.82 Å². The molecule has 0 spiro atoms. The number of amides is 1. The van der Waals surface area contributed by atoms with E-state index >= 15 is 0 Å². The quantitative estimate of drug-likeness (QED) is 0.882. The van der Waals surface area contributed by atoms with Gasteiger partial charge in [-0.1, -0.05) is 0 Å². The van der Waals surface area contributed by atoms with Crippen LogP contribution in [0.3, 0.4) is 0 Å². The molecule has 1 aromatic rings. The Kier molecular flexibility index (Phi) is 4.37. The molecule has 1 saturated carbocycles. The highest BCUT2D eigenvalue weighted by molar-refractivity contribution is 5.92. The Balaban J connectivity index is 1.97. The lowest BCUT2D eigenvalue weighted by molar-refractivity contribution is -0.120. The summed E-state index contributed by atoms with van der Waals surface area (Å²) in [6, 6.07) is 4.61. The summed E-state index contributed by atoms with van der Waals surface area (Å²) in [4.78, 5) is 12.0. The molecule has 104 valence electrons. The van der Waals surface area contributed by atoms with E-state index in [2.05, 4.69) is 5.32 Å². The van der Waals surface area contributed by atoms with Crippen LogP contribution < -0.4 is 15.8 Å². The number of hydrogen-bond acceptors (Lipinski definition) is 3. The fourth-order valence-electron chi connectivity index (χ4n) is 2.37. The highest BCUT2D eigenvalue weighted by atomic mass is 19.1. The predicted molar refractivity (Wildman–Crippen MR) is 71.5 cm³/mol. The van der Waals surface area contributed by atoms with Crippen molar-refractivity contribution in [2.75, 3.05) is 12.4 Å². The molecular formula is C14H19FN2O2. The van der Waals surface area contributed by atoms with Crippen molar-refractivity contribution >= 4 is 11.6 Å². The first kappa shape index (κ1) is 13.8. The summed E-state index contributed by atoms with van der Waals surface area (Å²) >= 11 is 0. The normalized spacial score (nSPS) is 22.9. The third-order valence-electron chi connectivity index (χ3n) is 3.56. The van der Waals surface area contributed by atoms with Crippen molar-refractivity contribution in [1.29, 1.82) is 0 Å². The van der Waals surface area contributed by atoms with Gasteiger partial charge in [-0.05, 0) is 37.8 Å². The molecule has 0 bridgehead atoms. The topological polar surface area (TPSA) is 64.3 Å². The Labute approximate surface area is 112 Å². The number of rotatable bonds is 3. The minimum atomic E-state index is -0.481. The molecule has 0 aromatic heterocycles. The number of anilines is 1. The molecule has 4 nitrogen and oxygen atoms in total. The van der Waals surface area contributed by atoms with Crippen LogP contribution >= 0.6 is 0 Å². The number of benzene rings is 1. The van der Waals surface area contributed by atoms with Crippen LogP contribution in [0.5, 0.6) is 5.75 Å². The van der Waals surface area contributed by atoms with Gasteiger partial charge in [-0.3, -0.25) is 4.79 Å². The van der Waals surface area contributed by atoms with E-state index in [1.807, 2.05) is 0 Å². The minimum absolute atomic E-state index is 0.0232. The monoisotopic (exact) mass is 266 g/mol. The lowest BCUT2D eigenvalue weighted by atomic mass is 9.86. The van der Waals surface area contributed by atoms with Crippen LogP contribution in [0.2, 0.25) is 0 Å². The molecule has 3 N–H and O–H groups in total. The Morgan fingerprint density at radius 3 is 2.63 bits per heavy atom. The smallest absolute Gasteiger partial charge is 0.227 e. The average molecular weight is 266 g/mol. The SMILES string of the molecule is COc1ccc(NC(=O)C2CCC(N)CC2)cc1F. The number of carbonyl (C=O) groups is 1. The van der Waals surface area contributed by atoms with Crippen LogP contribution in [0.1, 0.15) is 25.7 Å². The van der Waals surface area contributed by atoms with Crippen LogP contribution in [0.25, 0.3) is 0 Å². The van der Waals surface area contributed by atoms with E-state index in [-0.39, 0.29) is 23.6 Å². The van der Waals surface area contributed by atoms with Crippen molar-refractivity contribution in [2.24, 2.45) is 11.7 Å². The molecular weight excluding hydrogens is 247 g/mol. The molecule has 0 saturated heterocycles. The van der Waals surface area contributed by atoms with Gasteiger partial charge in [-0.25, -0.2) is 4.39 Å². The third kappa shape index (κ3) is 3.44. The van der Waals surface area contributed by atoms with E-state index in [1.54, 1.807) is 6.07 Å². The number of hydrogen-bond donors (Lipinski definition) is 2. The Morgan fingerprint density at radius 2 is 2.05 bits per heavy atom. The molecule has 1 aliphatic carbocycles. The molecule has 5 heteroatoms. The summed E-state index contributed by atoms with van der Waals surface area (Å²) in [6.07, 6.45) is 3.33. The molecule has 2 rings (SSSR count). The summed E-state index contributed by atoms with van der Waals surface area (Å²) in [6.45, 7) is 0. The Morgan fingerprint density at radius 1 is 1.37 bits per heavy atom. The van der Waals surface area contributed by atoms with Gasteiger partial charge in [0.2, 0.25) is 5.91 Å². The Hall–Kier alpha value is -1.62. The lowest BCUT2D eigenvalue weighted by Crippen LogP contribution is -2.32. The van der Waals surface area contributed by atoms with E-state index in [0.29, 0.717) is 5.69 Å². The van der Waals surface area contributed by atoms with Crippen LogP contribution in [-0.2, 0) is 4.79 Å². The highest BCUT2D eigenvalue weighted by Gasteiger charge is 2.24. The summed E-state index contributed by atoms with van der Waals surface area (Å²) < 4.78 is 18.3. The number of methoxy groups -OCH3 is 1. The van der Waals surface area contributed by atoms with Crippen molar-refractivity contribution in [1.82, 2.24) is 0 Å². The Bertz CT molecular complexity index is 457. The lowest BCUT2D eigenvalue weighted by Gasteiger charge is -2.25. The minimum Gasteiger partial charge on any atom is -0.494 e. The van der Waals surface area contributed by atoms with Crippen LogP contribution in [0, 0.1) is 11.7 Å². The second kappa shape index (κ2) is 6.02. The number of nitrogens with one attached hydrogen (secondary N) is 1. The van der Waals surface area contributed by atoms with Crippen LogP contribution in [0.15, 0.2) is 18.2 Å². The van der Waals surface area contributed by atoms with Crippen molar-refractivity contribution < 1.29 is 13.9 Å². The maximum absolute atomic E-state index is 13.5. The van der Waals surface area contributed by atoms with Gasteiger partial charge < -0.3 is 15.8 Å². The van der Waals surface area contributed by atoms with Gasteiger partial charge in [0.1, 0.15) is 0 Å². The van der Waals surface area contributed by atoms with Gasteiger partial charge in [0.05, 0.1) is 7.11 Å². The molecule has 0 heterocycles. The zero-order valence-electron chi connectivity index (χ0n) is 11.0. The maximum atomic E-state index is 13.5. The number of nitrogens with two attached hydrogens (primary N) is 1. The third-order valence-corrected chi connectivity index (χ3v) is 3.56. The zero-order chi connectivity index (χ0) is 13.8. The molecule has 0 unspecified atom stereocenters. The van der Waals surface area contributed by atoms with E-state index in [1.165, 1.54) is 19.2 Å². The summed E-state index contributed by atoms with van der Waals surface area (Å²) in [7, 11) is 1.40. The van der Waals surface area contributed by atoms with Crippen molar-refractivity contribution in [3.8, 4) is 5.75 Å². The molecule has 0 atom stereocenters. The number of ether oxygens (including phenoxy) is 1. The zero-order valence-corrected chi connectivity index (χ0v) is 11.0. The van der Waals surface area contributed by atoms with Crippen molar-refractivity contribution in [3.63, 3.8) is 0 Å². The second-order valence-corrected chi connectivity index (χ2v) is 4.95. The first-order valence-electron chi connectivity index (χ1n) is 6.50. The van der Waals surface area contributed by atoms with Crippen molar-refractivity contribution in [2.45, 2.75) is 31.7 Å². The fourth-order valence-corrected chi connectivity index (χ4v) is 2.37. The molecule has 1 aliphatic rings. The first-order chi connectivity index (χ1) is 9.10. The molecule has 0 aliphatic heterocycles. The second-order valence-electron chi connectivity index (χ2n) is 4.95. The van der Waals surface area contributed by atoms with Gasteiger partial charge in [-0.2, -0.15) is 0 Å². The van der Waals surface area contributed by atoms with Gasteiger partial charge >= 0.3 is 0 Å². The fraction of sp³-hybridized carbons (Fsp3) is 0.500. The maximum Gasteiger partial charge on any atom is 0.227 e. The number of carbonyl (C=O) groups excluding carboxylic acids is 1. The van der Waals surface area contributed by atoms with Gasteiger partial charge in [-0.15, -0.1) is 0 Å². The molecule has 19 heavy (non-hydrogen) atoms. The van der Waals surface area contributed by atoms with Crippen LogP contribution in [-0.4, -0.2) is 19.1 Å². The van der Waals surface area contributed by atoms with E-state index in [9.17, 15) is 9.18 Å². The van der Waals surface area contributed by atoms with Gasteiger partial charge in [0.25, 0.3) is 0 Å². The van der Waals surface area contributed by atoms with E-state index in [4.69, 9.17) is 10.5 Å². The largest absolute Gasteiger partial charge is 0.494 e. The standard InChI is InChI=1S/C14H19FN2O2/c1-19-13-7-6-11(8-12(13)15)17-14(18)9-2-4-10(16)5-3-9/h6-10H,2-5,16H2,1H3,(H,17,18). The predicted octanol–water partition coefficient (Wildman–Crippen LogP) is 2.29. The highest BCUT2D eigenvalue weighted by Crippen LogP contribution is 2.26. The summed E-state index contributed by atoms with van der Waals surface area (Å²) in [5.74, 6) is -0.394. The molecule has 1 amide bonds. The molecule has 0 radical (unpaired) electrons. The first-order valence-corrected chi connectivity index (χ1v) is 6.50. The van der Waals surface area contributed by atoms with Gasteiger partial charge in [0, 0.05) is 23.7 Å². The van der Waals surface area contributed by atoms with Gasteiger partial charge in [0.15, 0.2) is 11.6 Å². The van der Waals surface area contributed by atoms with E-state index in [0.717, 1.165) is 25.7 Å². The summed E-state index contributed by atoms with van der Waals surface area (Å²) in [5.41, 5.74) is 6.26. The molecule has 1 fully saturated rings. The number of halogens is 1. The summed E-state index contributed by atoms with van der Waals surface area (Å²) in [5, 5.41) is 2.74. The van der Waals surface area contributed by atoms with Crippen molar-refractivity contribution in [3.05, 3.63) is 24.0 Å². The average Bonchev–Trinajstić information content (AvgIpc) is 2.39. The molecule has 1 aromatic carbocycles. The van der Waals surface area contributed by atoms with Crippen LogP contribution in [0.4, 0.5) is 10.1 Å².